The van der Waals surface area contributed by atoms with Crippen molar-refractivity contribution in [1.29, 1.82) is 0 Å². The van der Waals surface area contributed by atoms with Gasteiger partial charge in [0.25, 0.3) is 0 Å². The predicted octanol–water partition coefficient (Wildman–Crippen LogP) is 20.3. The zero-order valence-electron chi connectivity index (χ0n) is 44.3. The molecule has 0 heterocycles. The molecule has 1 spiro atoms. The van der Waals surface area contributed by atoms with E-state index in [0.717, 1.165) is 17.1 Å². The number of hydrogen-bond acceptors (Lipinski definition) is 1. The van der Waals surface area contributed by atoms with Gasteiger partial charge in [-0.2, -0.15) is 0 Å². The van der Waals surface area contributed by atoms with Gasteiger partial charge in [-0.05, 0) is 182 Å². The molecule has 0 radical (unpaired) electrons. The van der Waals surface area contributed by atoms with E-state index in [2.05, 4.69) is 293 Å². The highest BCUT2D eigenvalue weighted by Gasteiger charge is 2.53. The maximum Gasteiger partial charge on any atom is 0.0725 e. The summed E-state index contributed by atoms with van der Waals surface area (Å²) in [6.07, 6.45) is 0. The minimum absolute atomic E-state index is 0.162. The Balaban J connectivity index is 0.907. The molecule has 1 heteroatoms. The number of fused-ring (bicyclic) bond motifs is 18. The summed E-state index contributed by atoms with van der Waals surface area (Å²) in [7, 11) is 0. The quantitative estimate of drug-likeness (QED) is 0.160. The molecule has 4 aliphatic carbocycles. The molecule has 368 valence electrons. The molecule has 0 N–H and O–H groups in total. The van der Waals surface area contributed by atoms with Crippen LogP contribution >= 0.6 is 0 Å². The first-order valence-corrected chi connectivity index (χ1v) is 27.7. The fourth-order valence-corrected chi connectivity index (χ4v) is 14.8. The number of rotatable bonds is 6. The molecule has 4 aliphatic rings. The van der Waals surface area contributed by atoms with Gasteiger partial charge in [-0.15, -0.1) is 0 Å². The molecule has 78 heavy (non-hydrogen) atoms. The zero-order valence-corrected chi connectivity index (χ0v) is 44.3. The number of anilines is 3. The lowest BCUT2D eigenvalue weighted by Gasteiger charge is -2.31. The Hall–Kier alpha value is -9.30. The Labute approximate surface area is 457 Å². The number of hydrogen-bond donors (Lipinski definition) is 0. The van der Waals surface area contributed by atoms with Crippen LogP contribution < -0.4 is 4.90 Å². The van der Waals surface area contributed by atoms with Crippen molar-refractivity contribution in [3.63, 3.8) is 0 Å². The van der Waals surface area contributed by atoms with Crippen LogP contribution in [0.4, 0.5) is 17.1 Å². The van der Waals surface area contributed by atoms with Crippen molar-refractivity contribution in [3.8, 4) is 77.9 Å². The lowest BCUT2D eigenvalue weighted by Crippen LogP contribution is -2.26. The first kappa shape index (κ1) is 44.9. The number of nitrogens with zero attached hydrogens (tertiary/aromatic N) is 1. The van der Waals surface area contributed by atoms with E-state index in [1.807, 2.05) is 0 Å². The summed E-state index contributed by atoms with van der Waals surface area (Å²) < 4.78 is 0. The van der Waals surface area contributed by atoms with Crippen LogP contribution in [0.1, 0.15) is 72.2 Å². The Morgan fingerprint density at radius 1 is 0.244 bits per heavy atom. The van der Waals surface area contributed by atoms with E-state index in [1.54, 1.807) is 0 Å². The van der Waals surface area contributed by atoms with Gasteiger partial charge in [-0.3, -0.25) is 0 Å². The Kier molecular flexibility index (Phi) is 9.42. The summed E-state index contributed by atoms with van der Waals surface area (Å²) in [6, 6.07) is 98.7. The van der Waals surface area contributed by atoms with E-state index in [9.17, 15) is 0 Å². The summed E-state index contributed by atoms with van der Waals surface area (Å²) >= 11 is 0. The van der Waals surface area contributed by atoms with Crippen LogP contribution in [0.2, 0.25) is 0 Å². The molecule has 16 rings (SSSR count). The van der Waals surface area contributed by atoms with E-state index >= 15 is 0 Å². The highest BCUT2D eigenvalue weighted by Crippen LogP contribution is 2.66. The molecule has 12 aromatic rings. The molecular weight excluding hydrogens is 939 g/mol. The van der Waals surface area contributed by atoms with Crippen LogP contribution in [0, 0.1) is 0 Å². The van der Waals surface area contributed by atoms with Crippen LogP contribution in [0.3, 0.4) is 0 Å². The average molecular weight is 994 g/mol. The third-order valence-electron chi connectivity index (χ3n) is 18.5. The monoisotopic (exact) mass is 993 g/mol. The molecular formula is C77H55N. The van der Waals surface area contributed by atoms with Crippen molar-refractivity contribution in [3.05, 3.63) is 305 Å². The molecule has 0 saturated heterocycles. The summed E-state index contributed by atoms with van der Waals surface area (Å²) in [5.74, 6) is 0. The van der Waals surface area contributed by atoms with Crippen LogP contribution in [0.25, 0.3) is 88.7 Å². The maximum atomic E-state index is 2.53. The molecule has 0 fully saturated rings. The van der Waals surface area contributed by atoms with Gasteiger partial charge < -0.3 is 4.90 Å². The second-order valence-corrected chi connectivity index (χ2v) is 23.1. The van der Waals surface area contributed by atoms with Gasteiger partial charge >= 0.3 is 0 Å². The normalized spacial score (nSPS) is 14.7. The molecule has 0 amide bonds. The molecule has 0 saturated carbocycles. The lowest BCUT2D eigenvalue weighted by atomic mass is 9.70. The topological polar surface area (TPSA) is 3.24 Å². The van der Waals surface area contributed by atoms with E-state index in [4.69, 9.17) is 0 Å². The third kappa shape index (κ3) is 6.13. The second kappa shape index (κ2) is 16.4. The van der Waals surface area contributed by atoms with Crippen LogP contribution in [-0.2, 0) is 16.2 Å². The lowest BCUT2D eigenvalue weighted by molar-refractivity contribution is 0.660. The van der Waals surface area contributed by atoms with Crippen LogP contribution in [-0.4, -0.2) is 0 Å². The van der Waals surface area contributed by atoms with Crippen molar-refractivity contribution in [1.82, 2.24) is 0 Å². The first-order valence-electron chi connectivity index (χ1n) is 27.7. The molecule has 0 unspecified atom stereocenters. The van der Waals surface area contributed by atoms with Crippen LogP contribution in [0.15, 0.2) is 261 Å². The molecule has 0 bridgehead atoms. The van der Waals surface area contributed by atoms with Crippen molar-refractivity contribution in [2.24, 2.45) is 0 Å². The van der Waals surface area contributed by atoms with Crippen molar-refractivity contribution in [2.45, 2.75) is 43.9 Å². The van der Waals surface area contributed by atoms with E-state index < -0.39 is 5.41 Å². The predicted molar refractivity (Wildman–Crippen MR) is 326 cm³/mol. The molecule has 0 aromatic heterocycles. The van der Waals surface area contributed by atoms with Gasteiger partial charge in [0.05, 0.1) is 5.41 Å². The summed E-state index contributed by atoms with van der Waals surface area (Å²) in [5.41, 5.74) is 31.4. The maximum absolute atomic E-state index is 2.53. The molecule has 12 aromatic carbocycles. The highest BCUT2D eigenvalue weighted by molar-refractivity contribution is 6.04. The minimum Gasteiger partial charge on any atom is -0.310 e. The largest absolute Gasteiger partial charge is 0.310 e. The SMILES string of the molecule is CC1(C)c2ccccc2-c2ccc(N(c3ccc(-c4ccccc4)cc3)c3cc(-c4ccc5c(c4)C(C)(C)c4ccc6c(c4-5)-c4ccccc4C64c5ccccc5-c5ccccc54)cc(-c4cccc5ccccc45)c3)cc21. The van der Waals surface area contributed by atoms with E-state index in [-0.39, 0.29) is 10.8 Å². The fraction of sp³-hybridized carbons (Fsp3) is 0.0909. The van der Waals surface area contributed by atoms with Gasteiger partial charge in [0.1, 0.15) is 0 Å². The van der Waals surface area contributed by atoms with E-state index in [0.29, 0.717) is 0 Å². The molecule has 0 atom stereocenters. The summed E-state index contributed by atoms with van der Waals surface area (Å²) in [4.78, 5) is 2.50. The third-order valence-corrected chi connectivity index (χ3v) is 18.5. The van der Waals surface area contributed by atoms with Crippen molar-refractivity contribution >= 4 is 27.8 Å². The van der Waals surface area contributed by atoms with Crippen LogP contribution in [0.5, 0.6) is 0 Å². The summed E-state index contributed by atoms with van der Waals surface area (Å²) in [5, 5.41) is 2.47. The van der Waals surface area contributed by atoms with Gasteiger partial charge in [0, 0.05) is 27.9 Å². The minimum atomic E-state index is -0.397. The smallest absolute Gasteiger partial charge is 0.0725 e. The van der Waals surface area contributed by atoms with Gasteiger partial charge in [0.15, 0.2) is 0 Å². The first-order chi connectivity index (χ1) is 38.2. The number of benzene rings is 12. The zero-order chi connectivity index (χ0) is 52.1. The van der Waals surface area contributed by atoms with Gasteiger partial charge in [-0.1, -0.05) is 240 Å². The highest BCUT2D eigenvalue weighted by atomic mass is 15.1. The van der Waals surface area contributed by atoms with Crippen molar-refractivity contribution < 1.29 is 0 Å². The Bertz CT molecular complexity index is 4440. The fourth-order valence-electron chi connectivity index (χ4n) is 14.8. The standard InChI is InChI=1S/C77H55N/c1-75(2)65-29-14-10-24-59(65)62-40-38-55(47-72(62)75)78(54-36-33-49(34-37-54)48-19-6-5-7-20-48)56-44-52(43-53(45-56)58-28-18-22-50-21-8-9-23-57(50)58)51-35-39-64-71(46-51)76(3,4)69-41-42-70-74(73(64)69)63-27-13-17-32-68(63)77(70)66-30-15-11-25-60(66)61-26-12-16-31-67(61)77/h5-47H,1-4H3. The van der Waals surface area contributed by atoms with Crippen molar-refractivity contribution in [2.75, 3.05) is 4.90 Å². The molecule has 1 nitrogen and oxygen atoms in total. The second-order valence-electron chi connectivity index (χ2n) is 23.1. The average Bonchev–Trinajstić information content (AvgIpc) is 4.18. The van der Waals surface area contributed by atoms with E-state index in [1.165, 1.54) is 133 Å². The van der Waals surface area contributed by atoms with Gasteiger partial charge in [0.2, 0.25) is 0 Å². The molecule has 0 aliphatic heterocycles. The Morgan fingerprint density at radius 2 is 0.718 bits per heavy atom. The Morgan fingerprint density at radius 3 is 1.46 bits per heavy atom. The van der Waals surface area contributed by atoms with Gasteiger partial charge in [-0.25, -0.2) is 0 Å². The summed E-state index contributed by atoms with van der Waals surface area (Å²) in [6.45, 7) is 9.64.